The molecule has 0 N–H and O–H groups in total. The van der Waals surface area contributed by atoms with Gasteiger partial charge in [-0.05, 0) is 41.0 Å². The second-order valence-corrected chi connectivity index (χ2v) is 4.53. The topological polar surface area (TPSA) is 44.8 Å². The molecule has 0 aromatic heterocycles. The second kappa shape index (κ2) is 6.90. The Morgan fingerprint density at radius 2 is 1.81 bits per heavy atom. The van der Waals surface area contributed by atoms with Crippen LogP contribution in [0.25, 0.3) is 11.1 Å². The van der Waals surface area contributed by atoms with Crippen molar-refractivity contribution in [3.63, 3.8) is 0 Å². The molecule has 0 fully saturated rings. The summed E-state index contributed by atoms with van der Waals surface area (Å²) in [6, 6.07) is 11.3. The van der Waals surface area contributed by atoms with E-state index in [2.05, 4.69) is 0 Å². The summed E-state index contributed by atoms with van der Waals surface area (Å²) in [5.74, 6) is 1.34. The van der Waals surface area contributed by atoms with Crippen LogP contribution < -0.4 is 9.47 Å². The smallest absolute Gasteiger partial charge is 0.153 e. The molecule has 0 aliphatic rings. The van der Waals surface area contributed by atoms with Crippen molar-refractivity contribution in [2.45, 2.75) is 6.61 Å². The molecule has 2 rings (SSSR count). The van der Waals surface area contributed by atoms with E-state index in [1.165, 1.54) is 0 Å². The zero-order valence-corrected chi connectivity index (χ0v) is 12.4. The van der Waals surface area contributed by atoms with Gasteiger partial charge in [0.2, 0.25) is 0 Å². The Labute approximate surface area is 124 Å². The summed E-state index contributed by atoms with van der Waals surface area (Å²) in [5, 5.41) is 0. The van der Waals surface area contributed by atoms with Crippen LogP contribution in [-0.2, 0) is 11.3 Å². The molecule has 0 amide bonds. The summed E-state index contributed by atoms with van der Waals surface area (Å²) >= 11 is 0. The predicted molar refractivity (Wildman–Crippen MR) is 81.1 cm³/mol. The quantitative estimate of drug-likeness (QED) is 0.764. The number of hydrogen-bond acceptors (Lipinski definition) is 4. The van der Waals surface area contributed by atoms with Gasteiger partial charge in [-0.25, -0.2) is 0 Å². The van der Waals surface area contributed by atoms with Crippen molar-refractivity contribution >= 4 is 6.29 Å². The average molecular weight is 286 g/mol. The average Bonchev–Trinajstić information content (AvgIpc) is 2.54. The van der Waals surface area contributed by atoms with E-state index in [0.717, 1.165) is 28.7 Å². The van der Waals surface area contributed by atoms with Gasteiger partial charge in [0.1, 0.15) is 11.5 Å². The lowest BCUT2D eigenvalue weighted by atomic mass is 9.98. The summed E-state index contributed by atoms with van der Waals surface area (Å²) in [7, 11) is 4.82. The van der Waals surface area contributed by atoms with Crippen molar-refractivity contribution < 1.29 is 19.0 Å². The molecular weight excluding hydrogens is 268 g/mol. The summed E-state index contributed by atoms with van der Waals surface area (Å²) < 4.78 is 15.6. The third kappa shape index (κ3) is 3.23. The summed E-state index contributed by atoms with van der Waals surface area (Å²) in [6.45, 7) is 0.467. The highest BCUT2D eigenvalue weighted by Crippen LogP contribution is 2.31. The highest BCUT2D eigenvalue weighted by molar-refractivity contribution is 5.83. The SMILES string of the molecule is COCc1cc(OC)ccc1-c1ccc(OC)c(C=O)c1. The highest BCUT2D eigenvalue weighted by atomic mass is 16.5. The minimum Gasteiger partial charge on any atom is -0.497 e. The van der Waals surface area contributed by atoms with Crippen LogP contribution in [0.3, 0.4) is 0 Å². The Morgan fingerprint density at radius 1 is 1.00 bits per heavy atom. The molecule has 4 nitrogen and oxygen atoms in total. The van der Waals surface area contributed by atoms with Crippen molar-refractivity contribution in [3.05, 3.63) is 47.5 Å². The van der Waals surface area contributed by atoms with Crippen molar-refractivity contribution in [1.82, 2.24) is 0 Å². The summed E-state index contributed by atoms with van der Waals surface area (Å²) in [5.41, 5.74) is 3.46. The minimum atomic E-state index is 0.467. The van der Waals surface area contributed by atoms with E-state index in [4.69, 9.17) is 14.2 Å². The largest absolute Gasteiger partial charge is 0.497 e. The number of benzene rings is 2. The molecule has 0 heterocycles. The second-order valence-electron chi connectivity index (χ2n) is 4.53. The Morgan fingerprint density at radius 3 is 2.43 bits per heavy atom. The monoisotopic (exact) mass is 286 g/mol. The molecule has 0 aliphatic heterocycles. The molecule has 0 radical (unpaired) electrons. The standard InChI is InChI=1S/C17H18O4/c1-19-11-14-9-15(20-2)5-6-16(14)12-4-7-17(21-3)13(8-12)10-18/h4-10H,11H2,1-3H3. The molecule has 2 aromatic carbocycles. The van der Waals surface area contributed by atoms with E-state index in [0.29, 0.717) is 17.9 Å². The lowest BCUT2D eigenvalue weighted by Crippen LogP contribution is -1.96. The lowest BCUT2D eigenvalue weighted by molar-refractivity contribution is 0.112. The molecule has 0 atom stereocenters. The highest BCUT2D eigenvalue weighted by Gasteiger charge is 2.10. The first-order chi connectivity index (χ1) is 10.2. The van der Waals surface area contributed by atoms with Crippen LogP contribution in [0.5, 0.6) is 11.5 Å². The molecule has 0 saturated heterocycles. The Balaban J connectivity index is 2.52. The van der Waals surface area contributed by atoms with Gasteiger partial charge in [-0.1, -0.05) is 12.1 Å². The molecule has 0 spiro atoms. The maximum atomic E-state index is 11.2. The van der Waals surface area contributed by atoms with Gasteiger partial charge in [0.25, 0.3) is 0 Å². The zero-order chi connectivity index (χ0) is 15.2. The first-order valence-electron chi connectivity index (χ1n) is 6.53. The molecular formula is C17H18O4. The molecule has 110 valence electrons. The van der Waals surface area contributed by atoms with E-state index in [1.54, 1.807) is 27.4 Å². The first-order valence-corrected chi connectivity index (χ1v) is 6.53. The minimum absolute atomic E-state index is 0.467. The van der Waals surface area contributed by atoms with Crippen LogP contribution in [0, 0.1) is 0 Å². The van der Waals surface area contributed by atoms with Crippen molar-refractivity contribution in [2.75, 3.05) is 21.3 Å². The Hall–Kier alpha value is -2.33. The van der Waals surface area contributed by atoms with Crippen LogP contribution in [-0.4, -0.2) is 27.6 Å². The molecule has 21 heavy (non-hydrogen) atoms. The van der Waals surface area contributed by atoms with Gasteiger partial charge < -0.3 is 14.2 Å². The zero-order valence-electron chi connectivity index (χ0n) is 12.4. The number of aldehydes is 1. The van der Waals surface area contributed by atoms with Gasteiger partial charge in [0.05, 0.1) is 26.4 Å². The molecule has 2 aromatic rings. The van der Waals surface area contributed by atoms with Crippen molar-refractivity contribution in [2.24, 2.45) is 0 Å². The van der Waals surface area contributed by atoms with Gasteiger partial charge in [-0.15, -0.1) is 0 Å². The van der Waals surface area contributed by atoms with E-state index in [1.807, 2.05) is 30.3 Å². The molecule has 0 bridgehead atoms. The fourth-order valence-corrected chi connectivity index (χ4v) is 2.25. The Kier molecular flexibility index (Phi) is 4.95. The van der Waals surface area contributed by atoms with Gasteiger partial charge in [-0.2, -0.15) is 0 Å². The molecule has 0 aliphatic carbocycles. The van der Waals surface area contributed by atoms with Crippen molar-refractivity contribution in [3.8, 4) is 22.6 Å². The predicted octanol–water partition coefficient (Wildman–Crippen LogP) is 3.33. The van der Waals surface area contributed by atoms with Crippen LogP contribution in [0.15, 0.2) is 36.4 Å². The number of carbonyl (C=O) groups is 1. The third-order valence-corrected chi connectivity index (χ3v) is 3.28. The number of carbonyl (C=O) groups excluding carboxylic acids is 1. The third-order valence-electron chi connectivity index (χ3n) is 3.28. The van der Waals surface area contributed by atoms with E-state index in [9.17, 15) is 4.79 Å². The van der Waals surface area contributed by atoms with Crippen LogP contribution >= 0.6 is 0 Å². The number of rotatable bonds is 6. The summed E-state index contributed by atoms with van der Waals surface area (Å²) in [4.78, 5) is 11.2. The van der Waals surface area contributed by atoms with Crippen LogP contribution in [0.2, 0.25) is 0 Å². The van der Waals surface area contributed by atoms with Gasteiger partial charge in [0.15, 0.2) is 6.29 Å². The molecule has 0 saturated carbocycles. The Bertz CT molecular complexity index is 635. The summed E-state index contributed by atoms with van der Waals surface area (Å²) in [6.07, 6.45) is 0.794. The van der Waals surface area contributed by atoms with E-state index < -0.39 is 0 Å². The van der Waals surface area contributed by atoms with Gasteiger partial charge >= 0.3 is 0 Å². The number of ether oxygens (including phenoxy) is 3. The molecule has 4 heteroatoms. The maximum absolute atomic E-state index is 11.2. The fraction of sp³-hybridized carbons (Fsp3) is 0.235. The molecule has 0 unspecified atom stereocenters. The van der Waals surface area contributed by atoms with Gasteiger partial charge in [0, 0.05) is 7.11 Å². The first kappa shape index (κ1) is 15.1. The van der Waals surface area contributed by atoms with Gasteiger partial charge in [-0.3, -0.25) is 4.79 Å². The van der Waals surface area contributed by atoms with Crippen LogP contribution in [0.1, 0.15) is 15.9 Å². The fourth-order valence-electron chi connectivity index (χ4n) is 2.25. The van der Waals surface area contributed by atoms with E-state index in [-0.39, 0.29) is 0 Å². The lowest BCUT2D eigenvalue weighted by Gasteiger charge is -2.12. The number of methoxy groups -OCH3 is 3. The normalized spacial score (nSPS) is 10.2. The maximum Gasteiger partial charge on any atom is 0.153 e. The number of hydrogen-bond donors (Lipinski definition) is 0. The van der Waals surface area contributed by atoms with E-state index >= 15 is 0 Å². The van der Waals surface area contributed by atoms with Crippen molar-refractivity contribution in [1.29, 1.82) is 0 Å². The van der Waals surface area contributed by atoms with Crippen LogP contribution in [0.4, 0.5) is 0 Å².